The molecule has 1 aromatic heterocycles. The molecule has 4 rings (SSSR count). The maximum atomic E-state index is 11.3. The van der Waals surface area contributed by atoms with E-state index in [0.717, 1.165) is 49.2 Å². The molecule has 3 aromatic rings. The van der Waals surface area contributed by atoms with E-state index in [2.05, 4.69) is 45.2 Å². The first kappa shape index (κ1) is 25.9. The average molecular weight is 493 g/mol. The summed E-state index contributed by atoms with van der Waals surface area (Å²) in [7, 11) is 4.07. The van der Waals surface area contributed by atoms with Gasteiger partial charge in [0.05, 0.1) is 6.61 Å². The Balaban J connectivity index is 1.45. The lowest BCUT2D eigenvalue weighted by Crippen LogP contribution is -2.32. The van der Waals surface area contributed by atoms with Crippen molar-refractivity contribution in [3.63, 3.8) is 0 Å². The maximum Gasteiger partial charge on any atom is 0.267 e. The number of aromatic nitrogens is 1. The highest BCUT2D eigenvalue weighted by Crippen LogP contribution is 2.36. The summed E-state index contributed by atoms with van der Waals surface area (Å²) < 4.78 is 5.94. The molecule has 1 atom stereocenters. The number of aliphatic hydroxyl groups is 1. The molecule has 0 saturated heterocycles. The molecular formula is C28H36N4O4. The minimum absolute atomic E-state index is 0.112. The fraction of sp³-hybridized carbons (Fsp3) is 0.393. The molecule has 0 saturated carbocycles. The Hall–Kier alpha value is -3.17. The first-order valence-electron chi connectivity index (χ1n) is 12.5. The van der Waals surface area contributed by atoms with Gasteiger partial charge in [0.25, 0.3) is 5.91 Å². The van der Waals surface area contributed by atoms with Crippen LogP contribution in [0.15, 0.2) is 48.7 Å². The maximum absolute atomic E-state index is 11.3. The number of aliphatic hydroxyl groups excluding tert-OH is 1. The number of amides is 1. The molecule has 0 radical (unpaired) electrons. The lowest BCUT2D eigenvalue weighted by Gasteiger charge is -2.29. The number of carbonyl (C=O) groups is 1. The SMILES string of the molecule is CN(C)CCOc1ccc2[nH]cc(CCN(CCO)C3CCc4cc(C=CC(=O)NO)ccc43)c2c1. The first-order chi connectivity index (χ1) is 17.5. The number of aryl methyl sites for hydroxylation is 1. The van der Waals surface area contributed by atoms with Crippen LogP contribution < -0.4 is 10.2 Å². The van der Waals surface area contributed by atoms with E-state index in [9.17, 15) is 9.90 Å². The van der Waals surface area contributed by atoms with Crippen molar-refractivity contribution in [3.8, 4) is 5.75 Å². The largest absolute Gasteiger partial charge is 0.492 e. The van der Waals surface area contributed by atoms with E-state index in [1.807, 2.05) is 26.2 Å². The van der Waals surface area contributed by atoms with E-state index in [-0.39, 0.29) is 12.6 Å². The summed E-state index contributed by atoms with van der Waals surface area (Å²) in [6.07, 6.45) is 7.90. The van der Waals surface area contributed by atoms with Crippen molar-refractivity contribution in [3.05, 3.63) is 70.9 Å². The van der Waals surface area contributed by atoms with E-state index in [1.165, 1.54) is 28.2 Å². The molecule has 0 aliphatic heterocycles. The van der Waals surface area contributed by atoms with Gasteiger partial charge in [-0.1, -0.05) is 18.2 Å². The van der Waals surface area contributed by atoms with Crippen molar-refractivity contribution >= 4 is 22.9 Å². The fourth-order valence-electron chi connectivity index (χ4n) is 4.92. The molecule has 4 N–H and O–H groups in total. The monoisotopic (exact) mass is 492 g/mol. The number of fused-ring (bicyclic) bond motifs is 2. The summed E-state index contributed by atoms with van der Waals surface area (Å²) in [5.74, 6) is 0.329. The van der Waals surface area contributed by atoms with E-state index < -0.39 is 5.91 Å². The van der Waals surface area contributed by atoms with Gasteiger partial charge in [-0.2, -0.15) is 0 Å². The number of H-pyrrole nitrogens is 1. The van der Waals surface area contributed by atoms with Crippen LogP contribution in [0.3, 0.4) is 0 Å². The number of rotatable bonds is 12. The second-order valence-electron chi connectivity index (χ2n) is 9.50. The number of aromatic amines is 1. The molecule has 0 bridgehead atoms. The lowest BCUT2D eigenvalue weighted by molar-refractivity contribution is -0.124. The highest BCUT2D eigenvalue weighted by Gasteiger charge is 2.27. The zero-order chi connectivity index (χ0) is 25.5. The van der Waals surface area contributed by atoms with Gasteiger partial charge in [-0.25, -0.2) is 5.48 Å². The van der Waals surface area contributed by atoms with E-state index in [0.29, 0.717) is 13.2 Å². The second-order valence-corrected chi connectivity index (χ2v) is 9.50. The Bertz CT molecular complexity index is 1200. The van der Waals surface area contributed by atoms with Crippen molar-refractivity contribution in [2.45, 2.75) is 25.3 Å². The summed E-state index contributed by atoms with van der Waals surface area (Å²) in [5.41, 5.74) is 7.42. The van der Waals surface area contributed by atoms with Gasteiger partial charge in [0.1, 0.15) is 12.4 Å². The van der Waals surface area contributed by atoms with Crippen LogP contribution in [0.25, 0.3) is 17.0 Å². The number of hydrogen-bond donors (Lipinski definition) is 4. The molecule has 8 heteroatoms. The van der Waals surface area contributed by atoms with Crippen molar-refractivity contribution in [1.29, 1.82) is 0 Å². The Morgan fingerprint density at radius 2 is 2.06 bits per heavy atom. The Kier molecular flexibility index (Phi) is 8.77. The Morgan fingerprint density at radius 3 is 2.83 bits per heavy atom. The van der Waals surface area contributed by atoms with E-state index in [1.54, 1.807) is 11.6 Å². The molecule has 0 spiro atoms. The van der Waals surface area contributed by atoms with Crippen LogP contribution in [0.4, 0.5) is 0 Å². The van der Waals surface area contributed by atoms with Gasteiger partial charge in [0.2, 0.25) is 0 Å². The highest BCUT2D eigenvalue weighted by atomic mass is 16.5. The van der Waals surface area contributed by atoms with Gasteiger partial charge in [0.15, 0.2) is 0 Å². The van der Waals surface area contributed by atoms with Gasteiger partial charge in [-0.3, -0.25) is 14.9 Å². The number of hydroxylamine groups is 1. The second kappa shape index (κ2) is 12.2. The Morgan fingerprint density at radius 1 is 1.19 bits per heavy atom. The summed E-state index contributed by atoms with van der Waals surface area (Å²) in [6, 6.07) is 12.7. The number of benzene rings is 2. The van der Waals surface area contributed by atoms with Crippen molar-refractivity contribution in [1.82, 2.24) is 20.3 Å². The minimum Gasteiger partial charge on any atom is -0.492 e. The number of carbonyl (C=O) groups excluding carboxylic acids is 1. The predicted molar refractivity (Wildman–Crippen MR) is 141 cm³/mol. The van der Waals surface area contributed by atoms with E-state index in [4.69, 9.17) is 9.94 Å². The Labute approximate surface area is 212 Å². The highest BCUT2D eigenvalue weighted by molar-refractivity contribution is 5.90. The molecule has 8 nitrogen and oxygen atoms in total. The number of nitrogens with zero attached hydrogens (tertiary/aromatic N) is 2. The van der Waals surface area contributed by atoms with Crippen LogP contribution in [-0.4, -0.2) is 77.9 Å². The number of likely N-dealkylation sites (N-methyl/N-ethyl adjacent to an activating group) is 1. The van der Waals surface area contributed by atoms with Crippen LogP contribution in [-0.2, 0) is 17.6 Å². The quantitative estimate of drug-likeness (QED) is 0.176. The average Bonchev–Trinajstić information content (AvgIpc) is 3.48. The standard InChI is InChI=1S/C28H36N4O4/c1-31(2)14-16-36-23-6-8-26-25(18-23)22(19-29-26)11-12-32(13-15-33)27-9-5-21-17-20(3-7-24(21)27)4-10-28(34)30-35/h3-4,6-8,10,17-19,27,29,33,35H,5,9,11-16H2,1-2H3,(H,30,34). The molecule has 1 amide bonds. The van der Waals surface area contributed by atoms with Crippen LogP contribution in [0.5, 0.6) is 5.75 Å². The lowest BCUT2D eigenvalue weighted by atomic mass is 10.0. The molecule has 36 heavy (non-hydrogen) atoms. The molecular weight excluding hydrogens is 456 g/mol. The van der Waals surface area contributed by atoms with Gasteiger partial charge in [0, 0.05) is 48.9 Å². The third kappa shape index (κ3) is 6.33. The molecule has 0 fully saturated rings. The smallest absolute Gasteiger partial charge is 0.267 e. The molecule has 1 aliphatic carbocycles. The number of nitrogens with one attached hydrogen (secondary N) is 2. The topological polar surface area (TPSA) is 101 Å². The van der Waals surface area contributed by atoms with Crippen LogP contribution >= 0.6 is 0 Å². The zero-order valence-corrected chi connectivity index (χ0v) is 21.0. The van der Waals surface area contributed by atoms with Crippen LogP contribution in [0, 0.1) is 0 Å². The van der Waals surface area contributed by atoms with Crippen LogP contribution in [0.2, 0.25) is 0 Å². The molecule has 1 heterocycles. The third-order valence-corrected chi connectivity index (χ3v) is 6.79. The third-order valence-electron chi connectivity index (χ3n) is 6.79. The number of hydrogen-bond acceptors (Lipinski definition) is 6. The summed E-state index contributed by atoms with van der Waals surface area (Å²) in [5, 5.41) is 19.6. The normalized spacial score (nSPS) is 15.3. The fourth-order valence-corrected chi connectivity index (χ4v) is 4.92. The molecule has 192 valence electrons. The zero-order valence-electron chi connectivity index (χ0n) is 21.0. The van der Waals surface area contributed by atoms with Gasteiger partial charge < -0.3 is 19.7 Å². The predicted octanol–water partition coefficient (Wildman–Crippen LogP) is 3.15. The molecule has 2 aromatic carbocycles. The summed E-state index contributed by atoms with van der Waals surface area (Å²) in [4.78, 5) is 19.1. The molecule has 1 aliphatic rings. The first-order valence-corrected chi connectivity index (χ1v) is 12.5. The van der Waals surface area contributed by atoms with Crippen molar-refractivity contribution < 1.29 is 19.8 Å². The van der Waals surface area contributed by atoms with Gasteiger partial charge in [-0.15, -0.1) is 0 Å². The van der Waals surface area contributed by atoms with Crippen molar-refractivity contribution in [2.75, 3.05) is 46.9 Å². The minimum atomic E-state index is -0.549. The summed E-state index contributed by atoms with van der Waals surface area (Å²) in [6.45, 7) is 3.08. The van der Waals surface area contributed by atoms with Crippen molar-refractivity contribution in [2.24, 2.45) is 0 Å². The van der Waals surface area contributed by atoms with Gasteiger partial charge >= 0.3 is 0 Å². The summed E-state index contributed by atoms with van der Waals surface area (Å²) >= 11 is 0. The number of ether oxygens (including phenoxy) is 1. The van der Waals surface area contributed by atoms with Gasteiger partial charge in [-0.05, 0) is 79.9 Å². The van der Waals surface area contributed by atoms with E-state index >= 15 is 0 Å². The molecule has 1 unspecified atom stereocenters. The van der Waals surface area contributed by atoms with Crippen LogP contribution in [0.1, 0.15) is 34.7 Å².